The van der Waals surface area contributed by atoms with E-state index in [2.05, 4.69) is 5.32 Å². The Hall–Kier alpha value is -2.23. The third-order valence-corrected chi connectivity index (χ3v) is 2.41. The van der Waals surface area contributed by atoms with E-state index in [-0.39, 0.29) is 0 Å². The fraction of sp³-hybridized carbons (Fsp3) is 0.154. The summed E-state index contributed by atoms with van der Waals surface area (Å²) in [6.45, 7) is 0.801. The molecule has 4 heteroatoms. The van der Waals surface area contributed by atoms with Crippen LogP contribution in [0.4, 0.5) is 4.79 Å². The van der Waals surface area contributed by atoms with Gasteiger partial charge in [-0.3, -0.25) is 0 Å². The summed E-state index contributed by atoms with van der Waals surface area (Å²) in [6.07, 6.45) is 0. The molecule has 3 N–H and O–H groups in total. The van der Waals surface area contributed by atoms with Crippen molar-refractivity contribution in [1.82, 2.24) is 5.32 Å². The number of primary amides is 1. The molecule has 0 atom stereocenters. The normalized spacial score (nSPS) is 10.1. The van der Waals surface area contributed by atoms with Crippen molar-refractivity contribution >= 4 is 16.8 Å². The van der Waals surface area contributed by atoms with Gasteiger partial charge in [-0.05, 0) is 11.5 Å². The molecule has 0 aromatic heterocycles. The van der Waals surface area contributed by atoms with Gasteiger partial charge in [-0.15, -0.1) is 0 Å². The minimum atomic E-state index is -0.536. The molecule has 4 nitrogen and oxygen atoms in total. The van der Waals surface area contributed by atoms with E-state index in [0.717, 1.165) is 16.5 Å². The maximum absolute atomic E-state index is 10.5. The van der Waals surface area contributed by atoms with Crippen molar-refractivity contribution in [2.24, 2.45) is 5.73 Å². The molecule has 88 valence electrons. The van der Waals surface area contributed by atoms with Crippen LogP contribution in [0.25, 0.3) is 10.8 Å². The molecular weight excluding hydrogens is 216 g/mol. The van der Waals surface area contributed by atoms with Gasteiger partial charge in [0.1, 0.15) is 12.4 Å². The van der Waals surface area contributed by atoms with Gasteiger partial charge in [0.05, 0.1) is 6.54 Å². The van der Waals surface area contributed by atoms with Crippen molar-refractivity contribution in [2.45, 2.75) is 0 Å². The minimum Gasteiger partial charge on any atom is -0.491 e. The first-order valence-corrected chi connectivity index (χ1v) is 5.41. The van der Waals surface area contributed by atoms with Crippen LogP contribution < -0.4 is 15.8 Å². The van der Waals surface area contributed by atoms with Crippen LogP contribution in [-0.4, -0.2) is 19.2 Å². The molecule has 0 unspecified atom stereocenters. The van der Waals surface area contributed by atoms with Crippen LogP contribution in [0, 0.1) is 0 Å². The van der Waals surface area contributed by atoms with Gasteiger partial charge in [0.25, 0.3) is 0 Å². The van der Waals surface area contributed by atoms with Crippen LogP contribution in [-0.2, 0) is 0 Å². The van der Waals surface area contributed by atoms with Crippen LogP contribution in [0.3, 0.4) is 0 Å². The SMILES string of the molecule is NC(=O)NCCOc1cccc2ccccc12. The quantitative estimate of drug-likeness (QED) is 0.788. The monoisotopic (exact) mass is 230 g/mol. The number of nitrogens with two attached hydrogens (primary N) is 1. The molecule has 0 fully saturated rings. The summed E-state index contributed by atoms with van der Waals surface area (Å²) in [5.41, 5.74) is 4.96. The molecule has 0 spiro atoms. The first kappa shape index (κ1) is 11.3. The lowest BCUT2D eigenvalue weighted by atomic mass is 10.1. The number of fused-ring (bicyclic) bond motifs is 1. The summed E-state index contributed by atoms with van der Waals surface area (Å²) in [7, 11) is 0. The number of carbonyl (C=O) groups excluding carboxylic acids is 1. The molecule has 0 heterocycles. The predicted octanol–water partition coefficient (Wildman–Crippen LogP) is 1.89. The average Bonchev–Trinajstić information content (AvgIpc) is 2.34. The molecule has 0 saturated carbocycles. The highest BCUT2D eigenvalue weighted by Crippen LogP contribution is 2.24. The Morgan fingerprint density at radius 2 is 1.94 bits per heavy atom. The summed E-state index contributed by atoms with van der Waals surface area (Å²) in [4.78, 5) is 10.5. The van der Waals surface area contributed by atoms with Crippen molar-refractivity contribution < 1.29 is 9.53 Å². The number of nitrogens with one attached hydrogen (secondary N) is 1. The Balaban J connectivity index is 2.05. The van der Waals surface area contributed by atoms with E-state index in [4.69, 9.17) is 10.5 Å². The van der Waals surface area contributed by atoms with Crippen LogP contribution in [0.1, 0.15) is 0 Å². The van der Waals surface area contributed by atoms with Crippen LogP contribution in [0.2, 0.25) is 0 Å². The second-order valence-electron chi connectivity index (χ2n) is 3.62. The smallest absolute Gasteiger partial charge is 0.312 e. The second-order valence-corrected chi connectivity index (χ2v) is 3.62. The van der Waals surface area contributed by atoms with E-state index in [1.807, 2.05) is 42.5 Å². The van der Waals surface area contributed by atoms with Crippen molar-refractivity contribution in [2.75, 3.05) is 13.2 Å². The molecule has 17 heavy (non-hydrogen) atoms. The highest BCUT2D eigenvalue weighted by Gasteiger charge is 2.00. The maximum atomic E-state index is 10.5. The molecule has 0 aliphatic rings. The summed E-state index contributed by atoms with van der Waals surface area (Å²) < 4.78 is 5.60. The summed E-state index contributed by atoms with van der Waals surface area (Å²) in [5, 5.41) is 4.67. The number of carbonyl (C=O) groups is 1. The van der Waals surface area contributed by atoms with E-state index in [1.165, 1.54) is 0 Å². The third kappa shape index (κ3) is 2.87. The lowest BCUT2D eigenvalue weighted by molar-refractivity contribution is 0.244. The zero-order valence-electron chi connectivity index (χ0n) is 9.35. The lowest BCUT2D eigenvalue weighted by Gasteiger charge is -2.09. The molecule has 0 aliphatic carbocycles. The Labute approximate surface area is 99.4 Å². The van der Waals surface area contributed by atoms with Crippen molar-refractivity contribution in [1.29, 1.82) is 0 Å². The van der Waals surface area contributed by atoms with Crippen LogP contribution >= 0.6 is 0 Å². The molecule has 2 rings (SSSR count). The van der Waals surface area contributed by atoms with Crippen molar-refractivity contribution in [3.8, 4) is 5.75 Å². The van der Waals surface area contributed by atoms with Gasteiger partial charge in [-0.25, -0.2) is 4.79 Å². The fourth-order valence-corrected chi connectivity index (χ4v) is 1.66. The Kier molecular flexibility index (Phi) is 3.45. The fourth-order valence-electron chi connectivity index (χ4n) is 1.66. The number of amides is 2. The van der Waals surface area contributed by atoms with E-state index in [1.54, 1.807) is 0 Å². The Bertz CT molecular complexity index is 520. The van der Waals surface area contributed by atoms with Gasteiger partial charge < -0.3 is 15.8 Å². The molecule has 2 amide bonds. The van der Waals surface area contributed by atoms with Gasteiger partial charge in [0.15, 0.2) is 0 Å². The van der Waals surface area contributed by atoms with E-state index in [0.29, 0.717) is 13.2 Å². The Morgan fingerprint density at radius 3 is 2.76 bits per heavy atom. The zero-order valence-corrected chi connectivity index (χ0v) is 9.35. The average molecular weight is 230 g/mol. The molecule has 2 aromatic rings. The minimum absolute atomic E-state index is 0.400. The largest absolute Gasteiger partial charge is 0.491 e. The number of ether oxygens (including phenoxy) is 1. The van der Waals surface area contributed by atoms with Gasteiger partial charge in [-0.1, -0.05) is 36.4 Å². The molecule has 0 aliphatic heterocycles. The van der Waals surface area contributed by atoms with E-state index in [9.17, 15) is 4.79 Å². The molecule has 0 radical (unpaired) electrons. The highest BCUT2D eigenvalue weighted by molar-refractivity contribution is 5.88. The number of hydrogen-bond acceptors (Lipinski definition) is 2. The summed E-state index contributed by atoms with van der Waals surface area (Å²) >= 11 is 0. The number of urea groups is 1. The second kappa shape index (κ2) is 5.21. The molecule has 0 bridgehead atoms. The number of rotatable bonds is 4. The van der Waals surface area contributed by atoms with E-state index >= 15 is 0 Å². The molecule has 0 saturated heterocycles. The molecular formula is C13H14N2O2. The van der Waals surface area contributed by atoms with Crippen LogP contribution in [0.15, 0.2) is 42.5 Å². The summed E-state index contributed by atoms with van der Waals surface area (Å²) in [6, 6.07) is 13.3. The summed E-state index contributed by atoms with van der Waals surface area (Å²) in [5.74, 6) is 0.814. The number of benzene rings is 2. The first-order valence-electron chi connectivity index (χ1n) is 5.41. The van der Waals surface area contributed by atoms with Gasteiger partial charge in [-0.2, -0.15) is 0 Å². The molecule has 2 aromatic carbocycles. The van der Waals surface area contributed by atoms with Gasteiger partial charge >= 0.3 is 6.03 Å². The predicted molar refractivity (Wildman–Crippen MR) is 67.0 cm³/mol. The topological polar surface area (TPSA) is 64.4 Å². The van der Waals surface area contributed by atoms with Crippen molar-refractivity contribution in [3.63, 3.8) is 0 Å². The van der Waals surface area contributed by atoms with Crippen LogP contribution in [0.5, 0.6) is 5.75 Å². The third-order valence-electron chi connectivity index (χ3n) is 2.41. The Morgan fingerprint density at radius 1 is 1.18 bits per heavy atom. The zero-order chi connectivity index (χ0) is 12.1. The first-order chi connectivity index (χ1) is 8.27. The van der Waals surface area contributed by atoms with E-state index < -0.39 is 6.03 Å². The lowest BCUT2D eigenvalue weighted by Crippen LogP contribution is -2.32. The number of hydrogen-bond donors (Lipinski definition) is 2. The standard InChI is InChI=1S/C13H14N2O2/c14-13(16)15-8-9-17-12-7-3-5-10-4-1-2-6-11(10)12/h1-7H,8-9H2,(H3,14,15,16). The highest BCUT2D eigenvalue weighted by atomic mass is 16.5. The van der Waals surface area contributed by atoms with Gasteiger partial charge in [0, 0.05) is 5.39 Å². The van der Waals surface area contributed by atoms with Crippen molar-refractivity contribution in [3.05, 3.63) is 42.5 Å². The maximum Gasteiger partial charge on any atom is 0.312 e. The van der Waals surface area contributed by atoms with Gasteiger partial charge in [0.2, 0.25) is 0 Å².